The van der Waals surface area contributed by atoms with Crippen LogP contribution in [0.1, 0.15) is 32.3 Å². The Morgan fingerprint density at radius 3 is 2.45 bits per heavy atom. The second kappa shape index (κ2) is 7.26. The lowest BCUT2D eigenvalue weighted by molar-refractivity contribution is -0.110. The van der Waals surface area contributed by atoms with E-state index >= 15 is 0 Å². The van der Waals surface area contributed by atoms with E-state index in [-0.39, 0.29) is 11.7 Å². The zero-order valence-electron chi connectivity index (χ0n) is 17.3. The second-order valence-corrected chi connectivity index (χ2v) is 10.6. The molecule has 1 aliphatic carbocycles. The van der Waals surface area contributed by atoms with Crippen molar-refractivity contribution in [3.05, 3.63) is 54.1 Å². The molecule has 1 heterocycles. The van der Waals surface area contributed by atoms with E-state index in [1.165, 1.54) is 12.1 Å². The summed E-state index contributed by atoms with van der Waals surface area (Å²) in [4.78, 5) is 24.9. The average Bonchev–Trinajstić information content (AvgIpc) is 3.13. The monoisotopic (exact) mass is 445 g/mol. The van der Waals surface area contributed by atoms with Gasteiger partial charge in [-0.1, -0.05) is 24.3 Å². The Morgan fingerprint density at radius 2 is 1.81 bits per heavy atom. The van der Waals surface area contributed by atoms with E-state index in [9.17, 15) is 18.0 Å². The van der Waals surface area contributed by atoms with E-state index in [0.717, 1.165) is 0 Å². The number of carbonyl (C=O) groups excluding carboxylic acids is 2. The predicted octanol–water partition coefficient (Wildman–Crippen LogP) is 2.82. The third kappa shape index (κ3) is 3.74. The van der Waals surface area contributed by atoms with E-state index < -0.39 is 38.2 Å². The molecule has 1 N–H and O–H groups in total. The first-order chi connectivity index (χ1) is 14.6. The molecule has 1 fully saturated rings. The number of alkyl carbamates (subject to hydrolysis) is 1. The van der Waals surface area contributed by atoms with Crippen LogP contribution in [0.2, 0.25) is 0 Å². The van der Waals surface area contributed by atoms with Gasteiger partial charge in [-0.25, -0.2) is 13.2 Å². The summed E-state index contributed by atoms with van der Waals surface area (Å²) in [7, 11) is -3.96. The van der Waals surface area contributed by atoms with Gasteiger partial charge in [0.25, 0.3) is 0 Å². The summed E-state index contributed by atoms with van der Waals surface area (Å²) >= 11 is 0. The minimum atomic E-state index is -3.96. The number of carbonyl (C=O) groups is 2. The fraction of sp³-hybridized carbons (Fsp3) is 0.364. The molecule has 9 heteroatoms. The van der Waals surface area contributed by atoms with Crippen molar-refractivity contribution < 1.29 is 32.2 Å². The largest absolute Gasteiger partial charge is 0.454 e. The van der Waals surface area contributed by atoms with Crippen LogP contribution in [0.5, 0.6) is 11.5 Å². The minimum Gasteiger partial charge on any atom is -0.454 e. The van der Waals surface area contributed by atoms with Crippen molar-refractivity contribution in [2.24, 2.45) is 0 Å². The van der Waals surface area contributed by atoms with Gasteiger partial charge >= 0.3 is 6.09 Å². The molecule has 31 heavy (non-hydrogen) atoms. The topological polar surface area (TPSA) is 108 Å². The first kappa shape index (κ1) is 21.2. The summed E-state index contributed by atoms with van der Waals surface area (Å²) in [6.45, 7) is 5.10. The highest BCUT2D eigenvalue weighted by molar-refractivity contribution is 7.92. The number of rotatable bonds is 5. The van der Waals surface area contributed by atoms with E-state index in [0.29, 0.717) is 23.3 Å². The maximum Gasteiger partial charge on any atom is 0.408 e. The molecule has 2 aromatic carbocycles. The highest BCUT2D eigenvalue weighted by Crippen LogP contribution is 2.57. The van der Waals surface area contributed by atoms with Crippen LogP contribution in [0.4, 0.5) is 4.79 Å². The van der Waals surface area contributed by atoms with Gasteiger partial charge in [-0.3, -0.25) is 0 Å². The number of hydrogen-bond acceptors (Lipinski definition) is 7. The molecule has 0 radical (unpaired) electrons. The standard InChI is InChI=1S/C22H23NO7S/c1-21(2,3)30-20(25)23-22(12-24)18(14-9-10-16-17(11-14)29-13-28-16)19(22)31(26,27)15-7-5-4-6-8-15/h4-12,18-19H,13H2,1-3H3,(H,23,25)/t18-,19-,22-/m1/s1. The van der Waals surface area contributed by atoms with Crippen LogP contribution < -0.4 is 14.8 Å². The van der Waals surface area contributed by atoms with Crippen molar-refractivity contribution in [1.82, 2.24) is 5.32 Å². The fourth-order valence-corrected chi connectivity index (χ4v) is 6.19. The lowest BCUT2D eigenvalue weighted by Gasteiger charge is -2.22. The SMILES string of the molecule is CC(C)(C)OC(=O)N[C@]1(C=O)[C@H](c2ccc3c(c2)OCO3)[C@H]1S(=O)(=O)c1ccccc1. The zero-order valence-corrected chi connectivity index (χ0v) is 18.1. The van der Waals surface area contributed by atoms with E-state index in [1.807, 2.05) is 0 Å². The Kier molecular flexibility index (Phi) is 4.96. The third-order valence-corrected chi connectivity index (χ3v) is 7.51. The highest BCUT2D eigenvalue weighted by Gasteiger charge is 2.73. The quantitative estimate of drug-likeness (QED) is 0.705. The number of nitrogens with one attached hydrogen (secondary N) is 1. The Morgan fingerprint density at radius 1 is 1.13 bits per heavy atom. The third-order valence-electron chi connectivity index (χ3n) is 5.25. The number of fused-ring (bicyclic) bond motifs is 1. The summed E-state index contributed by atoms with van der Waals surface area (Å²) in [5, 5.41) is 1.33. The van der Waals surface area contributed by atoms with Gasteiger partial charge in [-0.05, 0) is 50.6 Å². The maximum atomic E-state index is 13.4. The number of sulfone groups is 1. The highest BCUT2D eigenvalue weighted by atomic mass is 32.2. The molecule has 0 aromatic heterocycles. The van der Waals surface area contributed by atoms with Crippen molar-refractivity contribution >= 4 is 22.2 Å². The molecule has 3 atom stereocenters. The van der Waals surface area contributed by atoms with Crippen LogP contribution in [0.25, 0.3) is 0 Å². The molecule has 1 aliphatic heterocycles. The molecule has 0 bridgehead atoms. The summed E-state index contributed by atoms with van der Waals surface area (Å²) in [5.41, 5.74) is -1.95. The summed E-state index contributed by atoms with van der Waals surface area (Å²) in [5.74, 6) is 0.165. The van der Waals surface area contributed by atoms with Crippen LogP contribution >= 0.6 is 0 Å². The molecule has 0 unspecified atom stereocenters. The summed E-state index contributed by atoms with van der Waals surface area (Å²) in [6, 6.07) is 12.8. The van der Waals surface area contributed by atoms with Crippen molar-refractivity contribution in [2.75, 3.05) is 6.79 Å². The number of ether oxygens (including phenoxy) is 3. The molecule has 164 valence electrons. The van der Waals surface area contributed by atoms with Crippen LogP contribution in [0, 0.1) is 0 Å². The molecule has 0 saturated heterocycles. The van der Waals surface area contributed by atoms with Crippen molar-refractivity contribution in [1.29, 1.82) is 0 Å². The molecular formula is C22H23NO7S. The molecule has 8 nitrogen and oxygen atoms in total. The Balaban J connectivity index is 1.76. The Bertz CT molecular complexity index is 1120. The fourth-order valence-electron chi connectivity index (χ4n) is 3.92. The maximum absolute atomic E-state index is 13.4. The van der Waals surface area contributed by atoms with E-state index in [2.05, 4.69) is 5.32 Å². The molecule has 2 aromatic rings. The number of hydrogen-bond donors (Lipinski definition) is 1. The minimum absolute atomic E-state index is 0.0597. The van der Waals surface area contributed by atoms with Gasteiger partial charge in [0, 0.05) is 5.92 Å². The van der Waals surface area contributed by atoms with Crippen molar-refractivity contribution in [2.45, 2.75) is 48.0 Å². The smallest absolute Gasteiger partial charge is 0.408 e. The first-order valence-electron chi connectivity index (χ1n) is 9.74. The van der Waals surface area contributed by atoms with E-state index in [4.69, 9.17) is 14.2 Å². The van der Waals surface area contributed by atoms with E-state index in [1.54, 1.807) is 57.2 Å². The van der Waals surface area contributed by atoms with Gasteiger partial charge in [0.15, 0.2) is 21.3 Å². The predicted molar refractivity (Wildman–Crippen MR) is 111 cm³/mol. The van der Waals surface area contributed by atoms with Gasteiger partial charge in [0.2, 0.25) is 6.79 Å². The number of benzene rings is 2. The van der Waals surface area contributed by atoms with Crippen molar-refractivity contribution in [3.8, 4) is 11.5 Å². The van der Waals surface area contributed by atoms with Crippen LogP contribution in [-0.4, -0.2) is 44.0 Å². The molecule has 1 amide bonds. The second-order valence-electron chi connectivity index (χ2n) is 8.55. The summed E-state index contributed by atoms with van der Waals surface area (Å²) < 4.78 is 42.9. The molecule has 1 saturated carbocycles. The Labute approximate surface area is 180 Å². The molecule has 0 spiro atoms. The van der Waals surface area contributed by atoms with Gasteiger partial charge in [0.1, 0.15) is 22.7 Å². The van der Waals surface area contributed by atoms with Gasteiger partial charge < -0.3 is 24.3 Å². The lowest BCUT2D eigenvalue weighted by atomic mass is 10.1. The van der Waals surface area contributed by atoms with Crippen LogP contribution in [0.3, 0.4) is 0 Å². The van der Waals surface area contributed by atoms with Gasteiger partial charge in [0.05, 0.1) is 4.90 Å². The molecule has 2 aliphatic rings. The molecular weight excluding hydrogens is 422 g/mol. The normalized spacial score (nSPS) is 24.4. The van der Waals surface area contributed by atoms with Crippen molar-refractivity contribution in [3.63, 3.8) is 0 Å². The number of aldehydes is 1. The Hall–Kier alpha value is -3.07. The lowest BCUT2D eigenvalue weighted by Crippen LogP contribution is -2.45. The first-order valence-corrected chi connectivity index (χ1v) is 11.3. The van der Waals surface area contributed by atoms with Gasteiger partial charge in [-0.15, -0.1) is 0 Å². The van der Waals surface area contributed by atoms with Crippen LogP contribution in [0.15, 0.2) is 53.4 Å². The van der Waals surface area contributed by atoms with Crippen LogP contribution in [-0.2, 0) is 19.4 Å². The summed E-state index contributed by atoms with van der Waals surface area (Å²) in [6.07, 6.45) is -0.381. The zero-order chi connectivity index (χ0) is 22.4. The average molecular weight is 445 g/mol. The molecule has 4 rings (SSSR count). The van der Waals surface area contributed by atoms with Gasteiger partial charge in [-0.2, -0.15) is 0 Å². The number of amides is 1.